The van der Waals surface area contributed by atoms with Crippen LogP contribution in [0.1, 0.15) is 11.1 Å². The second-order valence-electron chi connectivity index (χ2n) is 6.80. The lowest BCUT2D eigenvalue weighted by atomic mass is 10.0. The van der Waals surface area contributed by atoms with Gasteiger partial charge in [-0.25, -0.2) is 5.43 Å². The van der Waals surface area contributed by atoms with Crippen molar-refractivity contribution in [2.45, 2.75) is 13.0 Å². The number of hydrogen-bond acceptors (Lipinski definition) is 3. The highest BCUT2D eigenvalue weighted by atomic mass is 16.2. The number of fused-ring (bicyclic) bond motifs is 2. The summed E-state index contributed by atoms with van der Waals surface area (Å²) in [5.41, 5.74) is 10.6. The van der Waals surface area contributed by atoms with Crippen LogP contribution in [0.25, 0.3) is 21.7 Å². The van der Waals surface area contributed by atoms with Crippen molar-refractivity contribution in [2.24, 2.45) is 10.8 Å². The van der Waals surface area contributed by atoms with Gasteiger partial charge in [0.2, 0.25) is 11.8 Å². The average molecular weight is 384 g/mol. The summed E-state index contributed by atoms with van der Waals surface area (Å²) in [5.74, 6) is -0.615. The maximum absolute atomic E-state index is 12.4. The fraction of sp³-hybridized carbons (Fsp3) is 0.0870. The molecule has 2 amide bonds. The molecule has 1 heterocycles. The van der Waals surface area contributed by atoms with Crippen LogP contribution in [0.3, 0.4) is 0 Å². The van der Waals surface area contributed by atoms with E-state index < -0.39 is 5.91 Å². The molecule has 0 saturated carbocycles. The van der Waals surface area contributed by atoms with Crippen LogP contribution in [0.4, 0.5) is 0 Å². The van der Waals surface area contributed by atoms with Crippen LogP contribution in [0.2, 0.25) is 0 Å². The van der Waals surface area contributed by atoms with Crippen LogP contribution in [-0.2, 0) is 22.6 Å². The molecule has 3 N–H and O–H groups in total. The van der Waals surface area contributed by atoms with E-state index in [1.54, 1.807) is 17.0 Å². The van der Waals surface area contributed by atoms with E-state index >= 15 is 0 Å². The monoisotopic (exact) mass is 384 g/mol. The molecule has 0 saturated heterocycles. The Hall–Kier alpha value is -3.93. The number of hydrazone groups is 1. The summed E-state index contributed by atoms with van der Waals surface area (Å²) in [4.78, 5) is 23.7. The van der Waals surface area contributed by atoms with Crippen LogP contribution in [-0.4, -0.2) is 22.6 Å². The van der Waals surface area contributed by atoms with E-state index in [9.17, 15) is 9.59 Å². The number of carbonyl (C=O) groups excluding carboxylic acids is 2. The van der Waals surface area contributed by atoms with Crippen LogP contribution >= 0.6 is 0 Å². The van der Waals surface area contributed by atoms with Gasteiger partial charge in [0.25, 0.3) is 0 Å². The van der Waals surface area contributed by atoms with Crippen molar-refractivity contribution in [1.29, 1.82) is 0 Å². The topological polar surface area (TPSA) is 89.5 Å². The quantitative estimate of drug-likeness (QED) is 0.395. The lowest BCUT2D eigenvalue weighted by Crippen LogP contribution is -2.20. The van der Waals surface area contributed by atoms with Crippen molar-refractivity contribution < 1.29 is 9.59 Å². The van der Waals surface area contributed by atoms with Crippen molar-refractivity contribution in [2.75, 3.05) is 0 Å². The number of amides is 2. The van der Waals surface area contributed by atoms with E-state index in [1.807, 2.05) is 66.7 Å². The molecule has 0 radical (unpaired) electrons. The molecule has 0 spiro atoms. The predicted octanol–water partition coefficient (Wildman–Crippen LogP) is 2.97. The van der Waals surface area contributed by atoms with Gasteiger partial charge >= 0.3 is 0 Å². The number of carbonyl (C=O) groups is 2. The summed E-state index contributed by atoms with van der Waals surface area (Å²) < 4.78 is 1.77. The molecule has 0 aliphatic carbocycles. The zero-order valence-corrected chi connectivity index (χ0v) is 15.7. The summed E-state index contributed by atoms with van der Waals surface area (Å²) >= 11 is 0. The summed E-state index contributed by atoms with van der Waals surface area (Å²) in [6.07, 6.45) is 3.62. The number of nitrogens with one attached hydrogen (secondary N) is 1. The fourth-order valence-electron chi connectivity index (χ4n) is 3.51. The third-order valence-electron chi connectivity index (χ3n) is 4.77. The minimum absolute atomic E-state index is 0.0851. The van der Waals surface area contributed by atoms with Crippen LogP contribution < -0.4 is 11.2 Å². The smallest absolute Gasteiger partial charge is 0.244 e. The minimum Gasteiger partial charge on any atom is -0.368 e. The molecule has 0 atom stereocenters. The van der Waals surface area contributed by atoms with E-state index in [-0.39, 0.29) is 18.9 Å². The highest BCUT2D eigenvalue weighted by Crippen LogP contribution is 2.20. The van der Waals surface area contributed by atoms with E-state index in [1.165, 1.54) is 0 Å². The molecular formula is C23H20N4O2. The van der Waals surface area contributed by atoms with Gasteiger partial charge in [-0.05, 0) is 22.4 Å². The molecule has 3 aromatic carbocycles. The van der Waals surface area contributed by atoms with Gasteiger partial charge in [-0.3, -0.25) is 9.59 Å². The van der Waals surface area contributed by atoms with Crippen LogP contribution in [0, 0.1) is 0 Å². The second-order valence-corrected chi connectivity index (χ2v) is 6.80. The molecule has 0 aliphatic rings. The summed E-state index contributed by atoms with van der Waals surface area (Å²) in [6.45, 7) is 0.0851. The largest absolute Gasteiger partial charge is 0.368 e. The van der Waals surface area contributed by atoms with Gasteiger partial charge in [0, 0.05) is 22.7 Å². The van der Waals surface area contributed by atoms with E-state index in [0.29, 0.717) is 0 Å². The SMILES string of the molecule is NC(=O)Cn1cc(/C=N\NC(=O)Cc2cccc3ccccc23)c2ccccc21. The van der Waals surface area contributed by atoms with E-state index in [2.05, 4.69) is 10.5 Å². The Bertz CT molecular complexity index is 1230. The molecule has 6 heteroatoms. The zero-order chi connectivity index (χ0) is 20.2. The molecule has 1 aromatic heterocycles. The van der Waals surface area contributed by atoms with Gasteiger partial charge in [0.05, 0.1) is 12.6 Å². The Labute approximate surface area is 167 Å². The minimum atomic E-state index is -0.419. The lowest BCUT2D eigenvalue weighted by molar-refractivity contribution is -0.120. The summed E-state index contributed by atoms with van der Waals surface area (Å²) in [6, 6.07) is 21.5. The number of primary amides is 1. The molecule has 4 rings (SSSR count). The van der Waals surface area contributed by atoms with Crippen molar-refractivity contribution in [3.8, 4) is 0 Å². The van der Waals surface area contributed by atoms with E-state index in [4.69, 9.17) is 5.73 Å². The first-order chi connectivity index (χ1) is 14.1. The maximum atomic E-state index is 12.4. The Morgan fingerprint density at radius 1 is 0.966 bits per heavy atom. The first-order valence-corrected chi connectivity index (χ1v) is 9.26. The molecule has 0 unspecified atom stereocenters. The molecule has 0 bridgehead atoms. The number of benzene rings is 3. The molecule has 29 heavy (non-hydrogen) atoms. The van der Waals surface area contributed by atoms with Gasteiger partial charge in [-0.2, -0.15) is 5.10 Å². The lowest BCUT2D eigenvalue weighted by Gasteiger charge is -2.05. The number of nitrogens with two attached hydrogens (primary N) is 1. The Balaban J connectivity index is 1.50. The van der Waals surface area contributed by atoms with Gasteiger partial charge in [0.1, 0.15) is 6.54 Å². The Morgan fingerprint density at radius 3 is 2.52 bits per heavy atom. The second kappa shape index (κ2) is 7.98. The molecule has 0 aliphatic heterocycles. The molecule has 0 fully saturated rings. The van der Waals surface area contributed by atoms with Gasteiger partial charge < -0.3 is 10.3 Å². The van der Waals surface area contributed by atoms with Crippen molar-refractivity contribution in [3.05, 3.63) is 84.1 Å². The molecular weight excluding hydrogens is 364 g/mol. The van der Waals surface area contributed by atoms with Gasteiger partial charge in [-0.15, -0.1) is 0 Å². The normalized spacial score (nSPS) is 11.3. The van der Waals surface area contributed by atoms with E-state index in [0.717, 1.165) is 32.8 Å². The first kappa shape index (κ1) is 18.4. The Morgan fingerprint density at radius 2 is 1.69 bits per heavy atom. The third-order valence-corrected chi connectivity index (χ3v) is 4.77. The summed E-state index contributed by atoms with van der Waals surface area (Å²) in [5, 5.41) is 7.20. The predicted molar refractivity (Wildman–Crippen MR) is 115 cm³/mol. The third kappa shape index (κ3) is 4.01. The van der Waals surface area contributed by atoms with Crippen molar-refractivity contribution >= 4 is 39.7 Å². The number of para-hydroxylation sites is 1. The number of aromatic nitrogens is 1. The standard InChI is InChI=1S/C23H20N4O2/c24-22(28)15-27-14-18(20-10-3-4-11-21(20)27)13-25-26-23(29)12-17-8-5-7-16-6-1-2-9-19(16)17/h1-11,13-14H,12,15H2,(H2,24,28)(H,26,29)/b25-13-. The average Bonchev–Trinajstić information content (AvgIpc) is 3.05. The Kier molecular flexibility index (Phi) is 5.07. The number of nitrogens with zero attached hydrogens (tertiary/aromatic N) is 2. The molecule has 144 valence electrons. The van der Waals surface area contributed by atoms with Gasteiger partial charge in [-0.1, -0.05) is 60.7 Å². The maximum Gasteiger partial charge on any atom is 0.244 e. The summed E-state index contributed by atoms with van der Waals surface area (Å²) in [7, 11) is 0. The molecule has 6 nitrogen and oxygen atoms in total. The zero-order valence-electron chi connectivity index (χ0n) is 15.7. The first-order valence-electron chi connectivity index (χ1n) is 9.26. The van der Waals surface area contributed by atoms with Crippen molar-refractivity contribution in [3.63, 3.8) is 0 Å². The molecule has 4 aromatic rings. The number of hydrogen-bond donors (Lipinski definition) is 2. The van der Waals surface area contributed by atoms with Crippen LogP contribution in [0.5, 0.6) is 0 Å². The number of rotatable bonds is 6. The highest BCUT2D eigenvalue weighted by Gasteiger charge is 2.09. The fourth-order valence-corrected chi connectivity index (χ4v) is 3.51. The van der Waals surface area contributed by atoms with Gasteiger partial charge in [0.15, 0.2) is 0 Å². The van der Waals surface area contributed by atoms with Crippen LogP contribution in [0.15, 0.2) is 78.0 Å². The van der Waals surface area contributed by atoms with Crippen molar-refractivity contribution in [1.82, 2.24) is 9.99 Å². The highest BCUT2D eigenvalue weighted by molar-refractivity contribution is 6.00.